The van der Waals surface area contributed by atoms with Gasteiger partial charge in [0, 0.05) is 33.8 Å². The van der Waals surface area contributed by atoms with Gasteiger partial charge in [-0.05, 0) is 105 Å². The standard InChI is InChI=1S/C43H44ClN/c1-7-32-35-24-20-28-14-9-11-18-33(28)39(35)42(3,4)36(32)25-21-30-16-13-17-31(41(30)44)23-27-38-43(5,6)40-34-19-12-10-15-29(34)22-26-37(40)45(38)8-2/h9-12,14-15,18-27H,7-8,13,16-17H2,1-6H3. The van der Waals surface area contributed by atoms with E-state index < -0.39 is 0 Å². The third-order valence-electron chi connectivity index (χ3n) is 10.7. The van der Waals surface area contributed by atoms with Crippen LogP contribution in [0.1, 0.15) is 83.9 Å². The van der Waals surface area contributed by atoms with Gasteiger partial charge in [0.1, 0.15) is 0 Å². The first kappa shape index (κ1) is 29.9. The lowest BCUT2D eigenvalue weighted by Crippen LogP contribution is -2.25. The number of fused-ring (bicyclic) bond motifs is 6. The van der Waals surface area contributed by atoms with Gasteiger partial charge in [0.25, 0.3) is 0 Å². The minimum absolute atomic E-state index is 0.0698. The van der Waals surface area contributed by atoms with Gasteiger partial charge in [-0.2, -0.15) is 0 Å². The second-order valence-corrected chi connectivity index (χ2v) is 14.3. The van der Waals surface area contributed by atoms with E-state index in [1.165, 1.54) is 71.9 Å². The molecule has 0 saturated carbocycles. The summed E-state index contributed by atoms with van der Waals surface area (Å²) in [6, 6.07) is 26.8. The van der Waals surface area contributed by atoms with Gasteiger partial charge < -0.3 is 4.90 Å². The van der Waals surface area contributed by atoms with Gasteiger partial charge in [-0.25, -0.2) is 0 Å². The SMILES string of the molecule is CCC1=C(C=CC2=C(Cl)C(=CC=C3N(CC)c4ccc5ccccc5c4C3(C)C)CCC2)C(C)(C)c2c1ccc1ccccc21. The van der Waals surface area contributed by atoms with Crippen molar-refractivity contribution in [1.29, 1.82) is 0 Å². The molecule has 7 rings (SSSR count). The normalized spacial score (nSPS) is 20.8. The van der Waals surface area contributed by atoms with Crippen LogP contribution in [0.4, 0.5) is 5.69 Å². The molecule has 0 N–H and O–H groups in total. The molecule has 1 heterocycles. The number of hydrogen-bond acceptors (Lipinski definition) is 1. The molecule has 1 aliphatic heterocycles. The van der Waals surface area contributed by atoms with Crippen molar-refractivity contribution in [3.05, 3.63) is 141 Å². The van der Waals surface area contributed by atoms with Gasteiger partial charge in [-0.3, -0.25) is 0 Å². The van der Waals surface area contributed by atoms with Gasteiger partial charge >= 0.3 is 0 Å². The summed E-state index contributed by atoms with van der Waals surface area (Å²) >= 11 is 7.24. The summed E-state index contributed by atoms with van der Waals surface area (Å²) in [5, 5.41) is 6.26. The Morgan fingerprint density at radius 2 is 1.40 bits per heavy atom. The summed E-state index contributed by atoms with van der Waals surface area (Å²) in [5.74, 6) is 0. The molecule has 228 valence electrons. The largest absolute Gasteiger partial charge is 0.344 e. The Kier molecular flexibility index (Phi) is 7.45. The predicted octanol–water partition coefficient (Wildman–Crippen LogP) is 12.3. The summed E-state index contributed by atoms with van der Waals surface area (Å²) in [6.45, 7) is 15.0. The highest BCUT2D eigenvalue weighted by Crippen LogP contribution is 2.52. The molecule has 2 heteroatoms. The van der Waals surface area contributed by atoms with Crippen LogP contribution in [0.3, 0.4) is 0 Å². The molecule has 0 bridgehead atoms. The molecular weight excluding hydrogens is 566 g/mol. The monoisotopic (exact) mass is 609 g/mol. The Hall–Kier alpha value is -3.81. The van der Waals surface area contributed by atoms with Crippen molar-refractivity contribution in [1.82, 2.24) is 0 Å². The lowest BCUT2D eigenvalue weighted by molar-refractivity contribution is 0.638. The van der Waals surface area contributed by atoms with Crippen molar-refractivity contribution < 1.29 is 0 Å². The van der Waals surface area contributed by atoms with Crippen LogP contribution in [0.2, 0.25) is 0 Å². The number of likely N-dealkylation sites (N-methyl/N-ethyl adjacent to an activating group) is 1. The zero-order valence-electron chi connectivity index (χ0n) is 27.6. The van der Waals surface area contributed by atoms with Crippen molar-refractivity contribution >= 4 is 44.4 Å². The Bertz CT molecular complexity index is 2010. The first-order valence-electron chi connectivity index (χ1n) is 16.7. The molecule has 0 unspecified atom stereocenters. The zero-order chi connectivity index (χ0) is 31.5. The summed E-state index contributed by atoms with van der Waals surface area (Å²) in [7, 11) is 0. The minimum Gasteiger partial charge on any atom is -0.344 e. The molecule has 0 amide bonds. The molecule has 0 atom stereocenters. The third kappa shape index (κ3) is 4.66. The number of hydrogen-bond donors (Lipinski definition) is 0. The van der Waals surface area contributed by atoms with E-state index in [9.17, 15) is 0 Å². The number of benzene rings is 4. The highest BCUT2D eigenvalue weighted by Gasteiger charge is 2.41. The molecule has 4 aromatic rings. The van der Waals surface area contributed by atoms with E-state index in [-0.39, 0.29) is 10.8 Å². The minimum atomic E-state index is -0.104. The van der Waals surface area contributed by atoms with Crippen LogP contribution in [0.15, 0.2) is 125 Å². The fourth-order valence-electron chi connectivity index (χ4n) is 8.49. The van der Waals surface area contributed by atoms with Gasteiger partial charge in [0.2, 0.25) is 0 Å². The molecule has 0 saturated heterocycles. The van der Waals surface area contributed by atoms with E-state index >= 15 is 0 Å². The van der Waals surface area contributed by atoms with Gasteiger partial charge in [-0.15, -0.1) is 0 Å². The molecule has 0 aromatic heterocycles. The Morgan fingerprint density at radius 1 is 0.733 bits per heavy atom. The van der Waals surface area contributed by atoms with E-state index in [1.807, 2.05) is 0 Å². The quantitative estimate of drug-likeness (QED) is 0.217. The number of rotatable bonds is 5. The topological polar surface area (TPSA) is 3.24 Å². The highest BCUT2D eigenvalue weighted by molar-refractivity contribution is 6.32. The lowest BCUT2D eigenvalue weighted by atomic mass is 9.78. The number of anilines is 1. The van der Waals surface area contributed by atoms with Crippen LogP contribution in [0, 0.1) is 0 Å². The average molecular weight is 610 g/mol. The van der Waals surface area contributed by atoms with Crippen LogP contribution in [-0.2, 0) is 10.8 Å². The maximum atomic E-state index is 7.24. The smallest absolute Gasteiger partial charge is 0.0469 e. The Balaban J connectivity index is 1.25. The van der Waals surface area contributed by atoms with Gasteiger partial charge in [0.15, 0.2) is 0 Å². The third-order valence-corrected chi connectivity index (χ3v) is 11.1. The van der Waals surface area contributed by atoms with Crippen molar-refractivity contribution in [2.24, 2.45) is 0 Å². The lowest BCUT2D eigenvalue weighted by Gasteiger charge is -2.26. The average Bonchev–Trinajstić information content (AvgIpc) is 3.41. The molecule has 4 aromatic carbocycles. The number of halogens is 1. The van der Waals surface area contributed by atoms with Crippen LogP contribution < -0.4 is 4.90 Å². The summed E-state index contributed by atoms with van der Waals surface area (Å²) in [6.07, 6.45) is 13.5. The van der Waals surface area contributed by atoms with Crippen LogP contribution in [0.25, 0.3) is 27.1 Å². The van der Waals surface area contributed by atoms with E-state index in [2.05, 4.69) is 144 Å². The van der Waals surface area contributed by atoms with Gasteiger partial charge in [-0.1, -0.05) is 131 Å². The molecule has 1 nitrogen and oxygen atoms in total. The molecule has 3 aliphatic rings. The zero-order valence-corrected chi connectivity index (χ0v) is 28.4. The maximum Gasteiger partial charge on any atom is 0.0469 e. The van der Waals surface area contributed by atoms with Gasteiger partial charge in [0.05, 0.1) is 0 Å². The molecule has 0 fully saturated rings. The first-order valence-corrected chi connectivity index (χ1v) is 17.1. The van der Waals surface area contributed by atoms with Crippen LogP contribution in [0.5, 0.6) is 0 Å². The fraction of sp³-hybridized carbons (Fsp3) is 0.302. The van der Waals surface area contributed by atoms with Crippen molar-refractivity contribution in [3.8, 4) is 0 Å². The first-order chi connectivity index (χ1) is 21.7. The summed E-state index contributed by atoms with van der Waals surface area (Å²) in [5.41, 5.74) is 12.2. The molecule has 2 aliphatic carbocycles. The Morgan fingerprint density at radius 3 is 2.09 bits per heavy atom. The molecule has 0 spiro atoms. The van der Waals surface area contributed by atoms with E-state index in [0.717, 1.165) is 37.3 Å². The highest BCUT2D eigenvalue weighted by atomic mass is 35.5. The summed E-state index contributed by atoms with van der Waals surface area (Å²) in [4.78, 5) is 2.49. The molecule has 45 heavy (non-hydrogen) atoms. The van der Waals surface area contributed by atoms with Crippen molar-refractivity contribution in [2.45, 2.75) is 78.1 Å². The maximum absolute atomic E-state index is 7.24. The van der Waals surface area contributed by atoms with Crippen LogP contribution >= 0.6 is 11.6 Å². The van der Waals surface area contributed by atoms with Crippen LogP contribution in [-0.4, -0.2) is 6.54 Å². The molecule has 0 radical (unpaired) electrons. The number of allylic oxidation sites excluding steroid dienone is 10. The number of nitrogens with zero attached hydrogens (tertiary/aromatic N) is 1. The molecular formula is C43H44ClN. The summed E-state index contributed by atoms with van der Waals surface area (Å²) < 4.78 is 0. The second-order valence-electron chi connectivity index (χ2n) is 13.9. The van der Waals surface area contributed by atoms with Crippen molar-refractivity contribution in [2.75, 3.05) is 11.4 Å². The van der Waals surface area contributed by atoms with E-state index in [1.54, 1.807) is 0 Å². The van der Waals surface area contributed by atoms with E-state index in [4.69, 9.17) is 11.6 Å². The predicted molar refractivity (Wildman–Crippen MR) is 196 cm³/mol. The van der Waals surface area contributed by atoms with Crippen molar-refractivity contribution in [3.63, 3.8) is 0 Å². The second kappa shape index (κ2) is 11.2. The fourth-order valence-corrected chi connectivity index (χ4v) is 8.81. The van der Waals surface area contributed by atoms with E-state index in [0.29, 0.717) is 0 Å². The Labute approximate surface area is 274 Å².